The van der Waals surface area contributed by atoms with Crippen molar-refractivity contribution in [2.45, 2.75) is 31.2 Å². The van der Waals surface area contributed by atoms with E-state index in [1.54, 1.807) is 0 Å². The number of nitrogens with one attached hydrogen (secondary N) is 1. The molecule has 0 unspecified atom stereocenters. The number of hydrogen-bond acceptors (Lipinski definition) is 4. The van der Waals surface area contributed by atoms with Gasteiger partial charge >= 0.3 is 0 Å². The van der Waals surface area contributed by atoms with Crippen LogP contribution in [0.4, 0.5) is 0 Å². The molecule has 0 atom stereocenters. The zero-order valence-electron chi connectivity index (χ0n) is 9.57. The van der Waals surface area contributed by atoms with E-state index in [1.807, 2.05) is 20.8 Å². The molecule has 7 heteroatoms. The van der Waals surface area contributed by atoms with Gasteiger partial charge in [0, 0.05) is 19.5 Å². The molecular weight excluding hydrogens is 216 g/mol. The van der Waals surface area contributed by atoms with E-state index >= 15 is 0 Å². The third-order valence-corrected chi connectivity index (χ3v) is 3.69. The molecule has 1 aromatic rings. The summed E-state index contributed by atoms with van der Waals surface area (Å²) in [6.45, 7) is 5.67. The lowest BCUT2D eigenvalue weighted by Gasteiger charge is -2.17. The van der Waals surface area contributed by atoms with Crippen molar-refractivity contribution in [1.82, 2.24) is 19.7 Å². The number of rotatable bonds is 2. The van der Waals surface area contributed by atoms with Crippen LogP contribution < -0.4 is 0 Å². The highest BCUT2D eigenvalue weighted by molar-refractivity contribution is 7.89. The molecule has 1 N–H and O–H groups in total. The van der Waals surface area contributed by atoms with E-state index in [4.69, 9.17) is 0 Å². The van der Waals surface area contributed by atoms with Gasteiger partial charge in [0.05, 0.1) is 0 Å². The number of nitrogens with zero attached hydrogens (tertiary/aromatic N) is 3. The van der Waals surface area contributed by atoms with Crippen molar-refractivity contribution in [3.05, 3.63) is 5.69 Å². The minimum Gasteiger partial charge on any atom is -0.205 e. The van der Waals surface area contributed by atoms with Crippen molar-refractivity contribution in [3.63, 3.8) is 0 Å². The van der Waals surface area contributed by atoms with Crippen LogP contribution in [0.3, 0.4) is 0 Å². The predicted octanol–water partition coefficient (Wildman–Crippen LogP) is 0.353. The smallest absolute Gasteiger partial charge is 0.205 e. The Labute approximate surface area is 89.7 Å². The van der Waals surface area contributed by atoms with Gasteiger partial charge < -0.3 is 0 Å². The quantitative estimate of drug-likeness (QED) is 0.798. The molecule has 6 nitrogen and oxygen atoms in total. The van der Waals surface area contributed by atoms with Crippen LogP contribution in [-0.2, 0) is 15.4 Å². The van der Waals surface area contributed by atoms with Gasteiger partial charge in [-0.2, -0.15) is 10.3 Å². The molecule has 1 heterocycles. The van der Waals surface area contributed by atoms with E-state index in [0.717, 1.165) is 4.31 Å². The topological polar surface area (TPSA) is 79.0 Å². The molecule has 86 valence electrons. The maximum absolute atomic E-state index is 11.9. The van der Waals surface area contributed by atoms with E-state index < -0.39 is 10.0 Å². The van der Waals surface area contributed by atoms with Crippen LogP contribution in [0.15, 0.2) is 5.03 Å². The molecule has 0 amide bonds. The second-order valence-electron chi connectivity index (χ2n) is 4.51. The first-order valence-corrected chi connectivity index (χ1v) is 5.95. The van der Waals surface area contributed by atoms with Gasteiger partial charge in [0.2, 0.25) is 5.03 Å². The van der Waals surface area contributed by atoms with Gasteiger partial charge in [0.1, 0.15) is 5.69 Å². The van der Waals surface area contributed by atoms with Crippen LogP contribution >= 0.6 is 0 Å². The average Bonchev–Trinajstić information content (AvgIpc) is 2.49. The Balaban J connectivity index is 3.36. The van der Waals surface area contributed by atoms with Crippen molar-refractivity contribution < 1.29 is 8.42 Å². The van der Waals surface area contributed by atoms with Crippen molar-refractivity contribution in [2.24, 2.45) is 0 Å². The normalized spacial score (nSPS) is 13.5. The summed E-state index contributed by atoms with van der Waals surface area (Å²) in [5.41, 5.74) is 0.0991. The predicted molar refractivity (Wildman–Crippen MR) is 56.0 cm³/mol. The van der Waals surface area contributed by atoms with Crippen molar-refractivity contribution in [3.8, 4) is 0 Å². The summed E-state index contributed by atoms with van der Waals surface area (Å²) in [5, 5.41) is 9.96. The van der Waals surface area contributed by atoms with Crippen molar-refractivity contribution in [2.75, 3.05) is 14.1 Å². The fraction of sp³-hybridized carbons (Fsp3) is 0.750. The van der Waals surface area contributed by atoms with Crippen LogP contribution in [0.2, 0.25) is 0 Å². The number of sulfonamides is 1. The summed E-state index contributed by atoms with van der Waals surface area (Å²) in [5.74, 6) is 0. The van der Waals surface area contributed by atoms with Gasteiger partial charge in [-0.15, -0.1) is 5.10 Å². The molecule has 0 saturated carbocycles. The van der Waals surface area contributed by atoms with E-state index in [0.29, 0.717) is 5.69 Å². The standard InChI is InChI=1S/C8H16N4O2S/c1-8(2,3)6-7(10-11-9-6)15(13,14)12(4)5/h1-5H3,(H,9,10,11). The Hall–Kier alpha value is -0.950. The summed E-state index contributed by atoms with van der Waals surface area (Å²) < 4.78 is 24.9. The SMILES string of the molecule is CN(C)S(=O)(=O)c1n[nH]nc1C(C)(C)C. The fourth-order valence-corrected chi connectivity index (χ4v) is 2.16. The molecule has 15 heavy (non-hydrogen) atoms. The second kappa shape index (κ2) is 3.57. The van der Waals surface area contributed by atoms with Gasteiger partial charge in [-0.05, 0) is 0 Å². The molecule has 0 aromatic carbocycles. The molecule has 1 rings (SSSR count). The molecule has 0 bridgehead atoms. The molecule has 0 saturated heterocycles. The van der Waals surface area contributed by atoms with Gasteiger partial charge in [-0.1, -0.05) is 20.8 Å². The van der Waals surface area contributed by atoms with Crippen LogP contribution in [0.25, 0.3) is 0 Å². The summed E-state index contributed by atoms with van der Waals surface area (Å²) in [7, 11) is -0.581. The van der Waals surface area contributed by atoms with Crippen LogP contribution in [0, 0.1) is 0 Å². The molecule has 1 aromatic heterocycles. The molecule has 0 aliphatic heterocycles. The van der Waals surface area contributed by atoms with Gasteiger partial charge in [0.15, 0.2) is 0 Å². The Kier molecular flexibility index (Phi) is 2.88. The summed E-state index contributed by atoms with van der Waals surface area (Å²) in [4.78, 5) is 0. The lowest BCUT2D eigenvalue weighted by atomic mass is 9.93. The Bertz CT molecular complexity index is 441. The highest BCUT2D eigenvalue weighted by Gasteiger charge is 2.31. The van der Waals surface area contributed by atoms with Crippen LogP contribution in [0.5, 0.6) is 0 Å². The Morgan fingerprint density at radius 3 is 2.13 bits per heavy atom. The van der Waals surface area contributed by atoms with Crippen LogP contribution in [0.1, 0.15) is 26.5 Å². The monoisotopic (exact) mass is 232 g/mol. The molecule has 0 aliphatic rings. The van der Waals surface area contributed by atoms with Crippen molar-refractivity contribution >= 4 is 10.0 Å². The van der Waals surface area contributed by atoms with E-state index in [9.17, 15) is 8.42 Å². The maximum Gasteiger partial charge on any atom is 0.263 e. The van der Waals surface area contributed by atoms with Crippen molar-refractivity contribution in [1.29, 1.82) is 0 Å². The largest absolute Gasteiger partial charge is 0.263 e. The average molecular weight is 232 g/mol. The lowest BCUT2D eigenvalue weighted by molar-refractivity contribution is 0.504. The number of aromatic amines is 1. The Morgan fingerprint density at radius 2 is 1.73 bits per heavy atom. The number of H-pyrrole nitrogens is 1. The molecule has 0 fully saturated rings. The van der Waals surface area contributed by atoms with Gasteiger partial charge in [-0.3, -0.25) is 0 Å². The molecule has 0 spiro atoms. The molecule has 0 aliphatic carbocycles. The van der Waals surface area contributed by atoms with E-state index in [-0.39, 0.29) is 10.4 Å². The van der Waals surface area contributed by atoms with E-state index in [1.165, 1.54) is 14.1 Å². The molecule has 0 radical (unpaired) electrons. The zero-order chi connectivity index (χ0) is 11.9. The first-order valence-electron chi connectivity index (χ1n) is 4.51. The van der Waals surface area contributed by atoms with Crippen LogP contribution in [-0.4, -0.2) is 42.2 Å². The minimum atomic E-state index is -3.52. The maximum atomic E-state index is 11.9. The third kappa shape index (κ3) is 2.18. The van der Waals surface area contributed by atoms with Gasteiger partial charge in [-0.25, -0.2) is 12.7 Å². The summed E-state index contributed by atoms with van der Waals surface area (Å²) in [6, 6.07) is 0. The highest BCUT2D eigenvalue weighted by atomic mass is 32.2. The zero-order valence-corrected chi connectivity index (χ0v) is 10.4. The third-order valence-electron chi connectivity index (χ3n) is 1.95. The molecular formula is C8H16N4O2S. The van der Waals surface area contributed by atoms with Gasteiger partial charge in [0.25, 0.3) is 10.0 Å². The van der Waals surface area contributed by atoms with E-state index in [2.05, 4.69) is 15.4 Å². The first-order chi connectivity index (χ1) is 6.67. The summed E-state index contributed by atoms with van der Waals surface area (Å²) >= 11 is 0. The first kappa shape index (κ1) is 12.1. The second-order valence-corrected chi connectivity index (χ2v) is 6.58. The summed E-state index contributed by atoms with van der Waals surface area (Å²) in [6.07, 6.45) is 0. The fourth-order valence-electron chi connectivity index (χ4n) is 1.06. The minimum absolute atomic E-state index is 0.000000000000000444. The Morgan fingerprint density at radius 1 is 1.20 bits per heavy atom. The number of hydrogen-bond donors (Lipinski definition) is 1. The lowest BCUT2D eigenvalue weighted by Crippen LogP contribution is -2.26. The number of aromatic nitrogens is 3. The highest BCUT2D eigenvalue weighted by Crippen LogP contribution is 2.25.